The quantitative estimate of drug-likeness (QED) is 0.568. The third-order valence-electron chi connectivity index (χ3n) is 4.67. The summed E-state index contributed by atoms with van der Waals surface area (Å²) in [6.07, 6.45) is 2.99. The average Bonchev–Trinajstić information content (AvgIpc) is 3.35. The van der Waals surface area contributed by atoms with Gasteiger partial charge in [-0.3, -0.25) is 9.59 Å². The van der Waals surface area contributed by atoms with Crippen molar-refractivity contribution >= 4 is 17.5 Å². The molecule has 2 rings (SSSR count). The monoisotopic (exact) mass is 331 g/mol. The van der Waals surface area contributed by atoms with E-state index in [4.69, 9.17) is 0 Å². The molecule has 132 valence electrons. The first kappa shape index (κ1) is 18.5. The van der Waals surface area contributed by atoms with Gasteiger partial charge >= 0.3 is 0 Å². The van der Waals surface area contributed by atoms with E-state index in [9.17, 15) is 9.59 Å². The van der Waals surface area contributed by atoms with Crippen molar-refractivity contribution in [3.63, 3.8) is 0 Å². The summed E-state index contributed by atoms with van der Waals surface area (Å²) < 4.78 is 0. The van der Waals surface area contributed by atoms with Crippen molar-refractivity contribution in [3.05, 3.63) is 29.3 Å². The lowest BCUT2D eigenvalue weighted by Crippen LogP contribution is -2.41. The predicted molar refractivity (Wildman–Crippen MR) is 97.0 cm³/mol. The number of para-hydroxylation sites is 1. The summed E-state index contributed by atoms with van der Waals surface area (Å²) in [5, 5.41) is 5.94. The van der Waals surface area contributed by atoms with Crippen LogP contribution in [0.25, 0.3) is 0 Å². The van der Waals surface area contributed by atoms with Crippen LogP contribution < -0.4 is 10.6 Å². The van der Waals surface area contributed by atoms with Crippen LogP contribution in [0.2, 0.25) is 0 Å². The summed E-state index contributed by atoms with van der Waals surface area (Å²) in [6, 6.07) is 5.99. The normalized spacial score (nSPS) is 15.2. The largest absolute Gasteiger partial charge is 0.355 e. The molecule has 0 saturated heterocycles. The van der Waals surface area contributed by atoms with Crippen molar-refractivity contribution < 1.29 is 9.59 Å². The Hall–Kier alpha value is -1.88. The Morgan fingerprint density at radius 2 is 1.92 bits per heavy atom. The predicted octanol–water partition coefficient (Wildman–Crippen LogP) is 2.34. The Labute approximate surface area is 144 Å². The van der Waals surface area contributed by atoms with Crippen molar-refractivity contribution in [2.75, 3.05) is 32.5 Å². The first-order valence-corrected chi connectivity index (χ1v) is 8.73. The molecule has 1 aliphatic rings. The minimum atomic E-state index is -0.870. The van der Waals surface area contributed by atoms with Gasteiger partial charge < -0.3 is 15.5 Å². The molecular formula is C19H29N3O2. The molecule has 0 heterocycles. The number of carbonyl (C=O) groups is 2. The van der Waals surface area contributed by atoms with Gasteiger partial charge in [0, 0.05) is 12.2 Å². The highest BCUT2D eigenvalue weighted by molar-refractivity contribution is 6.13. The number of hydrogen-bond acceptors (Lipinski definition) is 3. The standard InChI is InChI=1S/C19H29N3O2/c1-5-15-9-6-8-14(2)16(15)21-18(24)19(10-11-19)17(23)20-12-7-13-22(3)4/h6,8-9H,5,7,10-13H2,1-4H3,(H,20,23)(H,21,24). The second-order valence-corrected chi connectivity index (χ2v) is 6.91. The van der Waals surface area contributed by atoms with Gasteiger partial charge in [-0.1, -0.05) is 25.1 Å². The summed E-state index contributed by atoms with van der Waals surface area (Å²) >= 11 is 0. The molecule has 0 spiro atoms. The minimum absolute atomic E-state index is 0.134. The molecule has 0 aromatic heterocycles. The van der Waals surface area contributed by atoms with Gasteiger partial charge in [-0.05, 0) is 64.4 Å². The van der Waals surface area contributed by atoms with Crippen LogP contribution in [0.3, 0.4) is 0 Å². The van der Waals surface area contributed by atoms with E-state index in [0.29, 0.717) is 19.4 Å². The molecule has 1 fully saturated rings. The number of carbonyl (C=O) groups excluding carboxylic acids is 2. The molecule has 5 nitrogen and oxygen atoms in total. The number of benzene rings is 1. The van der Waals surface area contributed by atoms with Crippen LogP contribution in [0.5, 0.6) is 0 Å². The third kappa shape index (κ3) is 4.15. The fourth-order valence-electron chi connectivity index (χ4n) is 2.88. The van der Waals surface area contributed by atoms with Crippen LogP contribution in [0.4, 0.5) is 5.69 Å². The molecule has 1 aromatic carbocycles. The summed E-state index contributed by atoms with van der Waals surface area (Å²) in [5.41, 5.74) is 2.12. The van der Waals surface area contributed by atoms with Gasteiger partial charge in [0.2, 0.25) is 11.8 Å². The smallest absolute Gasteiger partial charge is 0.240 e. The van der Waals surface area contributed by atoms with Gasteiger partial charge in [0.1, 0.15) is 5.41 Å². The molecule has 1 aromatic rings. The second-order valence-electron chi connectivity index (χ2n) is 6.91. The van der Waals surface area contributed by atoms with E-state index in [2.05, 4.69) is 22.5 Å². The Morgan fingerprint density at radius 3 is 2.50 bits per heavy atom. The van der Waals surface area contributed by atoms with E-state index in [1.165, 1.54) is 0 Å². The molecule has 0 unspecified atom stereocenters. The van der Waals surface area contributed by atoms with E-state index in [1.54, 1.807) is 0 Å². The Kier molecular flexibility index (Phi) is 5.99. The van der Waals surface area contributed by atoms with Crippen molar-refractivity contribution in [3.8, 4) is 0 Å². The molecule has 24 heavy (non-hydrogen) atoms. The van der Waals surface area contributed by atoms with E-state index < -0.39 is 5.41 Å². The van der Waals surface area contributed by atoms with E-state index in [0.717, 1.165) is 36.2 Å². The lowest BCUT2D eigenvalue weighted by molar-refractivity contribution is -0.134. The highest BCUT2D eigenvalue weighted by Crippen LogP contribution is 2.47. The Morgan fingerprint density at radius 1 is 1.21 bits per heavy atom. The first-order chi connectivity index (χ1) is 11.4. The van der Waals surface area contributed by atoms with E-state index in [1.807, 2.05) is 39.2 Å². The molecule has 0 radical (unpaired) electrons. The van der Waals surface area contributed by atoms with Gasteiger partial charge in [0.05, 0.1) is 0 Å². The minimum Gasteiger partial charge on any atom is -0.355 e. The summed E-state index contributed by atoms with van der Waals surface area (Å²) in [5.74, 6) is -0.304. The maximum absolute atomic E-state index is 12.7. The second kappa shape index (κ2) is 7.79. The molecule has 1 aliphatic carbocycles. The number of rotatable bonds is 8. The van der Waals surface area contributed by atoms with Crippen molar-refractivity contribution in [2.45, 2.75) is 39.5 Å². The summed E-state index contributed by atoms with van der Waals surface area (Å²) in [4.78, 5) is 27.3. The maximum Gasteiger partial charge on any atom is 0.240 e. The van der Waals surface area contributed by atoms with Crippen LogP contribution in [-0.4, -0.2) is 43.9 Å². The van der Waals surface area contributed by atoms with Crippen LogP contribution in [0.1, 0.15) is 37.3 Å². The molecule has 0 aliphatic heterocycles. The number of anilines is 1. The van der Waals surface area contributed by atoms with Crippen molar-refractivity contribution in [1.29, 1.82) is 0 Å². The molecule has 2 amide bonds. The van der Waals surface area contributed by atoms with Crippen LogP contribution >= 0.6 is 0 Å². The molecule has 0 atom stereocenters. The van der Waals surface area contributed by atoms with E-state index >= 15 is 0 Å². The van der Waals surface area contributed by atoms with Crippen molar-refractivity contribution in [1.82, 2.24) is 10.2 Å². The van der Waals surface area contributed by atoms with Gasteiger partial charge in [-0.25, -0.2) is 0 Å². The fraction of sp³-hybridized carbons (Fsp3) is 0.579. The van der Waals surface area contributed by atoms with Gasteiger partial charge in [-0.15, -0.1) is 0 Å². The van der Waals surface area contributed by atoms with Gasteiger partial charge in [-0.2, -0.15) is 0 Å². The SMILES string of the molecule is CCc1cccc(C)c1NC(=O)C1(C(=O)NCCCN(C)C)CC1. The highest BCUT2D eigenvalue weighted by atomic mass is 16.2. The van der Waals surface area contributed by atoms with Crippen LogP contribution in [-0.2, 0) is 16.0 Å². The maximum atomic E-state index is 12.7. The lowest BCUT2D eigenvalue weighted by Gasteiger charge is -2.18. The first-order valence-electron chi connectivity index (χ1n) is 8.73. The molecule has 0 bridgehead atoms. The number of amides is 2. The van der Waals surface area contributed by atoms with Gasteiger partial charge in [0.15, 0.2) is 0 Å². The highest BCUT2D eigenvalue weighted by Gasteiger charge is 2.56. The average molecular weight is 331 g/mol. The molecule has 2 N–H and O–H groups in total. The number of nitrogens with one attached hydrogen (secondary N) is 2. The molecule has 1 saturated carbocycles. The van der Waals surface area contributed by atoms with Gasteiger partial charge in [0.25, 0.3) is 0 Å². The number of hydrogen-bond donors (Lipinski definition) is 2. The summed E-state index contributed by atoms with van der Waals surface area (Å²) in [6.45, 7) is 5.57. The third-order valence-corrected chi connectivity index (χ3v) is 4.67. The topological polar surface area (TPSA) is 61.4 Å². The summed E-state index contributed by atoms with van der Waals surface area (Å²) in [7, 11) is 4.01. The Bertz CT molecular complexity index is 607. The van der Waals surface area contributed by atoms with E-state index in [-0.39, 0.29) is 11.8 Å². The van der Waals surface area contributed by atoms with Crippen LogP contribution in [0.15, 0.2) is 18.2 Å². The number of nitrogens with zero attached hydrogens (tertiary/aromatic N) is 1. The zero-order valence-electron chi connectivity index (χ0n) is 15.2. The zero-order valence-corrected chi connectivity index (χ0v) is 15.2. The van der Waals surface area contributed by atoms with Crippen LogP contribution in [0, 0.1) is 12.3 Å². The van der Waals surface area contributed by atoms with Crippen molar-refractivity contribution in [2.24, 2.45) is 5.41 Å². The molecular weight excluding hydrogens is 302 g/mol. The number of aryl methyl sites for hydroxylation is 2. The fourth-order valence-corrected chi connectivity index (χ4v) is 2.88. The Balaban J connectivity index is 1.98. The lowest BCUT2D eigenvalue weighted by atomic mass is 10.0. The zero-order chi connectivity index (χ0) is 17.7. The molecule has 5 heteroatoms.